The maximum absolute atomic E-state index is 12.7. The number of hydrogen-bond acceptors (Lipinski definition) is 4. The highest BCUT2D eigenvalue weighted by atomic mass is 16.1. The number of hydrogen-bond donors (Lipinski definition) is 2. The lowest BCUT2D eigenvalue weighted by atomic mass is 9.99. The van der Waals surface area contributed by atoms with Crippen molar-refractivity contribution in [3.05, 3.63) is 111 Å². The zero-order chi connectivity index (χ0) is 24.8. The van der Waals surface area contributed by atoms with Crippen molar-refractivity contribution in [1.82, 2.24) is 20.1 Å². The molecule has 7 nitrogen and oxygen atoms in total. The zero-order valence-electron chi connectivity index (χ0n) is 19.8. The second-order valence-corrected chi connectivity index (χ2v) is 8.50. The summed E-state index contributed by atoms with van der Waals surface area (Å²) in [4.78, 5) is 27.4. The summed E-state index contributed by atoms with van der Waals surface area (Å²) in [5.74, 6) is -0.108. The van der Waals surface area contributed by atoms with E-state index in [4.69, 9.17) is 5.10 Å². The molecule has 0 aliphatic carbocycles. The minimum Gasteiger partial charge on any atom is -0.352 e. The fourth-order valence-electron chi connectivity index (χ4n) is 4.22. The molecular formula is C28H27N5O2. The van der Waals surface area contributed by atoms with Gasteiger partial charge in [0.1, 0.15) is 11.6 Å². The van der Waals surface area contributed by atoms with Crippen molar-refractivity contribution < 1.29 is 4.79 Å². The molecule has 0 aliphatic rings. The Hall–Kier alpha value is -4.44. The van der Waals surface area contributed by atoms with Gasteiger partial charge in [-0.15, -0.1) is 0 Å². The van der Waals surface area contributed by atoms with Gasteiger partial charge in [-0.1, -0.05) is 60.7 Å². The number of aromatic amines is 1. The molecule has 0 bridgehead atoms. The molecule has 0 spiro atoms. The van der Waals surface area contributed by atoms with E-state index in [1.54, 1.807) is 13.8 Å². The van der Waals surface area contributed by atoms with Gasteiger partial charge in [-0.3, -0.25) is 14.3 Å². The molecule has 0 unspecified atom stereocenters. The first-order valence-corrected chi connectivity index (χ1v) is 11.5. The molecule has 2 N–H and O–H groups in total. The van der Waals surface area contributed by atoms with E-state index in [1.807, 2.05) is 65.5 Å². The molecule has 0 radical (unpaired) electrons. The van der Waals surface area contributed by atoms with E-state index in [-0.39, 0.29) is 17.9 Å². The van der Waals surface area contributed by atoms with Gasteiger partial charge in [-0.2, -0.15) is 10.4 Å². The monoisotopic (exact) mass is 465 g/mol. The third kappa shape index (κ3) is 5.56. The molecule has 0 aliphatic heterocycles. The summed E-state index contributed by atoms with van der Waals surface area (Å²) in [5, 5.41) is 17.1. The Bertz CT molecular complexity index is 1430. The molecule has 176 valence electrons. The molecule has 0 atom stereocenters. The van der Waals surface area contributed by atoms with Crippen molar-refractivity contribution >= 4 is 5.91 Å². The van der Waals surface area contributed by atoms with Crippen molar-refractivity contribution in [3.8, 4) is 17.3 Å². The quantitative estimate of drug-likeness (QED) is 0.410. The Balaban J connectivity index is 1.47. The number of amides is 1. The summed E-state index contributed by atoms with van der Waals surface area (Å²) in [7, 11) is 0. The Kier molecular flexibility index (Phi) is 7.22. The summed E-state index contributed by atoms with van der Waals surface area (Å²) in [5.41, 5.74) is 5.78. The van der Waals surface area contributed by atoms with Gasteiger partial charge in [0.05, 0.1) is 12.2 Å². The van der Waals surface area contributed by atoms with Crippen LogP contribution in [0.4, 0.5) is 0 Å². The lowest BCUT2D eigenvalue weighted by Crippen LogP contribution is -2.24. The van der Waals surface area contributed by atoms with E-state index in [0.29, 0.717) is 30.8 Å². The number of benzene rings is 2. The first kappa shape index (κ1) is 23.7. The summed E-state index contributed by atoms with van der Waals surface area (Å²) >= 11 is 0. The number of rotatable bonds is 8. The third-order valence-corrected chi connectivity index (χ3v) is 6.07. The number of carbonyl (C=O) groups is 1. The Morgan fingerprint density at radius 2 is 1.77 bits per heavy atom. The molecule has 2 heterocycles. The molecule has 35 heavy (non-hydrogen) atoms. The zero-order valence-corrected chi connectivity index (χ0v) is 19.8. The normalized spacial score (nSPS) is 10.7. The average molecular weight is 466 g/mol. The Labute approximate surface area is 204 Å². The molecule has 7 heteroatoms. The number of nitriles is 1. The van der Waals surface area contributed by atoms with Gasteiger partial charge in [0.2, 0.25) is 5.91 Å². The van der Waals surface area contributed by atoms with Crippen LogP contribution < -0.4 is 10.9 Å². The fraction of sp³-hybridized carbons (Fsp3) is 0.214. The number of carbonyl (C=O) groups excluding carboxylic acids is 1. The van der Waals surface area contributed by atoms with Crippen LogP contribution in [0.3, 0.4) is 0 Å². The first-order chi connectivity index (χ1) is 17.0. The van der Waals surface area contributed by atoms with E-state index in [9.17, 15) is 14.9 Å². The maximum Gasteiger partial charge on any atom is 0.266 e. The SMILES string of the molecule is Cc1[nH]c(=O)c(C#N)c(C)c1CCC(=O)NCc1cn(Cc2ccccc2)nc1-c1ccccc1. The van der Waals surface area contributed by atoms with Crippen LogP contribution in [-0.2, 0) is 24.3 Å². The Morgan fingerprint density at radius 1 is 1.09 bits per heavy atom. The molecule has 0 saturated carbocycles. The molecule has 4 aromatic rings. The molecule has 2 aromatic carbocycles. The van der Waals surface area contributed by atoms with Crippen molar-refractivity contribution in [2.45, 2.75) is 39.8 Å². The molecule has 2 aromatic heterocycles. The third-order valence-electron chi connectivity index (χ3n) is 6.07. The predicted molar refractivity (Wildman–Crippen MR) is 135 cm³/mol. The number of aryl methyl sites for hydroxylation is 1. The summed E-state index contributed by atoms with van der Waals surface area (Å²) in [6.45, 7) is 4.53. The summed E-state index contributed by atoms with van der Waals surface area (Å²) < 4.78 is 1.90. The van der Waals surface area contributed by atoms with E-state index in [2.05, 4.69) is 22.4 Å². The van der Waals surface area contributed by atoms with Crippen LogP contribution in [0.1, 0.15) is 39.9 Å². The van der Waals surface area contributed by atoms with E-state index in [0.717, 1.165) is 27.9 Å². The number of nitrogens with one attached hydrogen (secondary N) is 2. The molecule has 4 rings (SSSR count). The van der Waals surface area contributed by atoms with Crippen LogP contribution in [0, 0.1) is 25.2 Å². The minimum absolute atomic E-state index is 0.101. The topological polar surface area (TPSA) is 104 Å². The van der Waals surface area contributed by atoms with Crippen LogP contribution in [0.25, 0.3) is 11.3 Å². The Morgan fingerprint density at radius 3 is 2.46 bits per heavy atom. The number of pyridine rings is 1. The lowest BCUT2D eigenvalue weighted by Gasteiger charge is -2.11. The van der Waals surface area contributed by atoms with Crippen molar-refractivity contribution in [3.63, 3.8) is 0 Å². The van der Waals surface area contributed by atoms with Gasteiger partial charge in [-0.05, 0) is 37.0 Å². The molecule has 0 fully saturated rings. The predicted octanol–water partition coefficient (Wildman–Crippen LogP) is 4.02. The summed E-state index contributed by atoms with van der Waals surface area (Å²) in [6, 6.07) is 22.0. The van der Waals surface area contributed by atoms with Crippen LogP contribution in [0.2, 0.25) is 0 Å². The highest BCUT2D eigenvalue weighted by Crippen LogP contribution is 2.22. The molecule has 0 saturated heterocycles. The largest absolute Gasteiger partial charge is 0.352 e. The second kappa shape index (κ2) is 10.7. The first-order valence-electron chi connectivity index (χ1n) is 11.5. The van der Waals surface area contributed by atoms with Gasteiger partial charge >= 0.3 is 0 Å². The highest BCUT2D eigenvalue weighted by molar-refractivity contribution is 5.76. The van der Waals surface area contributed by atoms with Gasteiger partial charge in [0.15, 0.2) is 0 Å². The van der Waals surface area contributed by atoms with Gasteiger partial charge in [-0.25, -0.2) is 0 Å². The fourth-order valence-corrected chi connectivity index (χ4v) is 4.22. The smallest absolute Gasteiger partial charge is 0.266 e. The lowest BCUT2D eigenvalue weighted by molar-refractivity contribution is -0.121. The van der Waals surface area contributed by atoms with Crippen LogP contribution >= 0.6 is 0 Å². The standard InChI is InChI=1S/C28H27N5O2/c1-19-24(20(2)31-28(35)25(19)15-29)13-14-26(34)30-16-23-18-33(17-21-9-5-3-6-10-21)32-27(23)22-11-7-4-8-12-22/h3-12,18H,13-14,16-17H2,1-2H3,(H,30,34)(H,31,35). The molecule has 1 amide bonds. The maximum atomic E-state index is 12.7. The van der Waals surface area contributed by atoms with Gasteiger partial charge in [0, 0.05) is 36.0 Å². The van der Waals surface area contributed by atoms with Gasteiger partial charge in [0.25, 0.3) is 5.56 Å². The highest BCUT2D eigenvalue weighted by Gasteiger charge is 2.15. The number of nitrogens with zero attached hydrogens (tertiary/aromatic N) is 3. The van der Waals surface area contributed by atoms with E-state index < -0.39 is 5.56 Å². The number of aromatic nitrogens is 3. The van der Waals surface area contributed by atoms with Crippen LogP contribution in [0.5, 0.6) is 0 Å². The van der Waals surface area contributed by atoms with Gasteiger partial charge < -0.3 is 10.3 Å². The van der Waals surface area contributed by atoms with Crippen LogP contribution in [0.15, 0.2) is 71.7 Å². The van der Waals surface area contributed by atoms with E-state index >= 15 is 0 Å². The summed E-state index contributed by atoms with van der Waals surface area (Å²) in [6.07, 6.45) is 2.66. The van der Waals surface area contributed by atoms with Crippen LogP contribution in [-0.4, -0.2) is 20.7 Å². The second-order valence-electron chi connectivity index (χ2n) is 8.50. The molecular weight excluding hydrogens is 438 g/mol. The van der Waals surface area contributed by atoms with Crippen molar-refractivity contribution in [2.75, 3.05) is 0 Å². The number of H-pyrrole nitrogens is 1. The van der Waals surface area contributed by atoms with Crippen molar-refractivity contribution in [1.29, 1.82) is 5.26 Å². The minimum atomic E-state index is -0.392. The van der Waals surface area contributed by atoms with E-state index in [1.165, 1.54) is 0 Å². The van der Waals surface area contributed by atoms with Crippen molar-refractivity contribution in [2.24, 2.45) is 0 Å². The average Bonchev–Trinajstić information content (AvgIpc) is 3.26.